The van der Waals surface area contributed by atoms with Crippen LogP contribution < -0.4 is 5.32 Å². The number of anilines is 1. The number of hydrogen-bond acceptors (Lipinski definition) is 2. The molecule has 1 aromatic carbocycles. The Kier molecular flexibility index (Phi) is 3.65. The summed E-state index contributed by atoms with van der Waals surface area (Å²) in [5.41, 5.74) is 2.51. The van der Waals surface area contributed by atoms with E-state index in [0.717, 1.165) is 24.2 Å². The second kappa shape index (κ2) is 4.99. The minimum absolute atomic E-state index is 0.670. The fourth-order valence-corrected chi connectivity index (χ4v) is 2.14. The van der Waals surface area contributed by atoms with Crippen LogP contribution in [0.25, 0.3) is 0 Å². The van der Waals surface area contributed by atoms with E-state index in [1.165, 1.54) is 17.7 Å². The summed E-state index contributed by atoms with van der Waals surface area (Å²) < 4.78 is 6.47. The third-order valence-electron chi connectivity index (χ3n) is 2.80. The van der Waals surface area contributed by atoms with E-state index < -0.39 is 0 Å². The smallest absolute Gasteiger partial charge is 0.0511 e. The molecule has 1 saturated heterocycles. The van der Waals surface area contributed by atoms with E-state index >= 15 is 0 Å². The zero-order valence-corrected chi connectivity index (χ0v) is 10.5. The van der Waals surface area contributed by atoms with Crippen molar-refractivity contribution >= 4 is 21.6 Å². The lowest BCUT2D eigenvalue weighted by atomic mass is 10.1. The van der Waals surface area contributed by atoms with Gasteiger partial charge in [0.25, 0.3) is 0 Å². The summed E-state index contributed by atoms with van der Waals surface area (Å²) in [5, 5.41) is 3.49. The van der Waals surface area contributed by atoms with E-state index in [-0.39, 0.29) is 0 Å². The van der Waals surface area contributed by atoms with Gasteiger partial charge in [0.1, 0.15) is 0 Å². The topological polar surface area (TPSA) is 21.3 Å². The molecule has 1 aliphatic heterocycles. The number of aryl methyl sites for hydroxylation is 1. The monoisotopic (exact) mass is 269 g/mol. The molecule has 0 radical (unpaired) electrons. The lowest BCUT2D eigenvalue weighted by molar-refractivity contribution is 0.187. The van der Waals surface area contributed by atoms with Gasteiger partial charge in [-0.25, -0.2) is 0 Å². The first-order valence-corrected chi connectivity index (χ1v) is 6.13. The molecule has 0 saturated carbocycles. The van der Waals surface area contributed by atoms with Crippen molar-refractivity contribution in [3.63, 3.8) is 0 Å². The first kappa shape index (κ1) is 11.0. The SMILES string of the molecule is Cc1ccc(Br)cc1NCC1CCOC1. The highest BCUT2D eigenvalue weighted by atomic mass is 79.9. The highest BCUT2D eigenvalue weighted by molar-refractivity contribution is 9.10. The first-order chi connectivity index (χ1) is 7.25. The Labute approximate surface area is 99.1 Å². The van der Waals surface area contributed by atoms with Crippen molar-refractivity contribution in [2.75, 3.05) is 25.1 Å². The Morgan fingerprint density at radius 3 is 3.13 bits per heavy atom. The summed E-state index contributed by atoms with van der Waals surface area (Å²) in [4.78, 5) is 0. The minimum Gasteiger partial charge on any atom is -0.384 e. The molecule has 1 aliphatic rings. The lowest BCUT2D eigenvalue weighted by Gasteiger charge is -2.13. The van der Waals surface area contributed by atoms with Gasteiger partial charge in [0, 0.05) is 29.2 Å². The molecule has 1 aromatic rings. The molecular weight excluding hydrogens is 254 g/mol. The standard InChI is InChI=1S/C12H16BrNO/c1-9-2-3-11(13)6-12(9)14-7-10-4-5-15-8-10/h2-3,6,10,14H,4-5,7-8H2,1H3. The highest BCUT2D eigenvalue weighted by Crippen LogP contribution is 2.21. The molecule has 1 N–H and O–H groups in total. The molecular formula is C12H16BrNO. The fraction of sp³-hybridized carbons (Fsp3) is 0.500. The molecule has 2 rings (SSSR count). The number of rotatable bonds is 3. The van der Waals surface area contributed by atoms with E-state index in [4.69, 9.17) is 4.74 Å². The van der Waals surface area contributed by atoms with Crippen LogP contribution in [0, 0.1) is 12.8 Å². The molecule has 0 amide bonds. The molecule has 0 aliphatic carbocycles. The number of ether oxygens (including phenoxy) is 1. The molecule has 3 heteroatoms. The van der Waals surface area contributed by atoms with Gasteiger partial charge in [-0.05, 0) is 31.0 Å². The average molecular weight is 270 g/mol. The number of hydrogen-bond donors (Lipinski definition) is 1. The Bertz CT molecular complexity index is 334. The molecule has 82 valence electrons. The van der Waals surface area contributed by atoms with Gasteiger partial charge in [0.2, 0.25) is 0 Å². The Morgan fingerprint density at radius 2 is 2.40 bits per heavy atom. The van der Waals surface area contributed by atoms with Crippen molar-refractivity contribution in [2.45, 2.75) is 13.3 Å². The molecule has 1 fully saturated rings. The first-order valence-electron chi connectivity index (χ1n) is 5.33. The van der Waals surface area contributed by atoms with E-state index in [1.54, 1.807) is 0 Å². The van der Waals surface area contributed by atoms with Crippen molar-refractivity contribution in [1.82, 2.24) is 0 Å². The predicted octanol–water partition coefficient (Wildman–Crippen LogP) is 3.21. The van der Waals surface area contributed by atoms with Crippen molar-refractivity contribution in [2.24, 2.45) is 5.92 Å². The second-order valence-electron chi connectivity index (χ2n) is 4.07. The quantitative estimate of drug-likeness (QED) is 0.910. The summed E-state index contributed by atoms with van der Waals surface area (Å²) in [7, 11) is 0. The maximum absolute atomic E-state index is 5.35. The van der Waals surface area contributed by atoms with E-state index in [9.17, 15) is 0 Å². The van der Waals surface area contributed by atoms with Gasteiger partial charge in [-0.3, -0.25) is 0 Å². The van der Waals surface area contributed by atoms with Crippen LogP contribution in [0.5, 0.6) is 0 Å². The lowest BCUT2D eigenvalue weighted by Crippen LogP contribution is -2.14. The molecule has 0 aromatic heterocycles. The van der Waals surface area contributed by atoms with Gasteiger partial charge in [-0.2, -0.15) is 0 Å². The highest BCUT2D eigenvalue weighted by Gasteiger charge is 2.15. The fourth-order valence-electron chi connectivity index (χ4n) is 1.78. The van der Waals surface area contributed by atoms with Gasteiger partial charge in [0.15, 0.2) is 0 Å². The molecule has 15 heavy (non-hydrogen) atoms. The van der Waals surface area contributed by atoms with Crippen LogP contribution in [0.4, 0.5) is 5.69 Å². The summed E-state index contributed by atoms with van der Waals surface area (Å²) >= 11 is 3.49. The van der Waals surface area contributed by atoms with E-state index in [0.29, 0.717) is 5.92 Å². The average Bonchev–Trinajstić information content (AvgIpc) is 2.72. The van der Waals surface area contributed by atoms with Crippen molar-refractivity contribution in [3.05, 3.63) is 28.2 Å². The van der Waals surface area contributed by atoms with Crippen LogP contribution in [0.1, 0.15) is 12.0 Å². The predicted molar refractivity (Wildman–Crippen MR) is 66.3 cm³/mol. The van der Waals surface area contributed by atoms with Gasteiger partial charge >= 0.3 is 0 Å². The normalized spacial score (nSPS) is 20.5. The Morgan fingerprint density at radius 1 is 1.53 bits per heavy atom. The maximum Gasteiger partial charge on any atom is 0.0511 e. The number of benzene rings is 1. The Hall–Kier alpha value is -0.540. The van der Waals surface area contributed by atoms with Crippen LogP contribution in [-0.2, 0) is 4.74 Å². The van der Waals surface area contributed by atoms with Crippen molar-refractivity contribution in [1.29, 1.82) is 0 Å². The molecule has 1 atom stereocenters. The Balaban J connectivity index is 1.94. The zero-order chi connectivity index (χ0) is 10.7. The number of halogens is 1. The van der Waals surface area contributed by atoms with Crippen molar-refractivity contribution < 1.29 is 4.74 Å². The molecule has 1 heterocycles. The van der Waals surface area contributed by atoms with Crippen LogP contribution in [0.2, 0.25) is 0 Å². The van der Waals surface area contributed by atoms with Crippen LogP contribution in [-0.4, -0.2) is 19.8 Å². The van der Waals surface area contributed by atoms with Crippen molar-refractivity contribution in [3.8, 4) is 0 Å². The summed E-state index contributed by atoms with van der Waals surface area (Å²) in [6, 6.07) is 6.32. The van der Waals surface area contributed by atoms with Gasteiger partial charge < -0.3 is 10.1 Å². The molecule has 0 bridgehead atoms. The maximum atomic E-state index is 5.35. The third kappa shape index (κ3) is 2.95. The van der Waals surface area contributed by atoms with Crippen LogP contribution >= 0.6 is 15.9 Å². The molecule has 1 unspecified atom stereocenters. The van der Waals surface area contributed by atoms with Crippen LogP contribution in [0.3, 0.4) is 0 Å². The minimum atomic E-state index is 0.670. The van der Waals surface area contributed by atoms with Gasteiger partial charge in [-0.1, -0.05) is 22.0 Å². The molecule has 0 spiro atoms. The van der Waals surface area contributed by atoms with Gasteiger partial charge in [-0.15, -0.1) is 0 Å². The summed E-state index contributed by atoms with van der Waals surface area (Å²) in [6.07, 6.45) is 1.18. The van der Waals surface area contributed by atoms with Gasteiger partial charge in [0.05, 0.1) is 6.61 Å². The third-order valence-corrected chi connectivity index (χ3v) is 3.30. The van der Waals surface area contributed by atoms with Crippen LogP contribution in [0.15, 0.2) is 22.7 Å². The second-order valence-corrected chi connectivity index (χ2v) is 4.99. The van der Waals surface area contributed by atoms with E-state index in [2.05, 4.69) is 46.4 Å². The summed E-state index contributed by atoms with van der Waals surface area (Å²) in [5.74, 6) is 0.670. The van der Waals surface area contributed by atoms with E-state index in [1.807, 2.05) is 0 Å². The summed E-state index contributed by atoms with van der Waals surface area (Å²) in [6.45, 7) is 4.96. The number of nitrogens with one attached hydrogen (secondary N) is 1. The zero-order valence-electron chi connectivity index (χ0n) is 8.92. The molecule has 2 nitrogen and oxygen atoms in total. The largest absolute Gasteiger partial charge is 0.384 e.